The lowest BCUT2D eigenvalue weighted by molar-refractivity contribution is -0.116. The van der Waals surface area contributed by atoms with Crippen molar-refractivity contribution in [1.82, 2.24) is 15.2 Å². The van der Waals surface area contributed by atoms with Crippen LogP contribution < -0.4 is 4.90 Å². The van der Waals surface area contributed by atoms with E-state index in [1.54, 1.807) is 11.0 Å². The van der Waals surface area contributed by atoms with Crippen LogP contribution in [0.4, 0.5) is 5.69 Å². The molecule has 0 unspecified atom stereocenters. The van der Waals surface area contributed by atoms with E-state index in [1.165, 1.54) is 11.8 Å². The fourth-order valence-corrected chi connectivity index (χ4v) is 3.49. The van der Waals surface area contributed by atoms with Crippen LogP contribution in [0.1, 0.15) is 19.2 Å². The normalized spacial score (nSPS) is 18.5. The molecule has 0 saturated carbocycles. The van der Waals surface area contributed by atoms with Gasteiger partial charge in [-0.1, -0.05) is 42.4 Å². The molecule has 0 bridgehead atoms. The monoisotopic (exact) mass is 322 g/mol. The zero-order chi connectivity index (χ0) is 14.8. The van der Waals surface area contributed by atoms with Crippen molar-refractivity contribution in [3.8, 4) is 0 Å². The molecule has 2 heterocycles. The van der Waals surface area contributed by atoms with E-state index in [4.69, 9.17) is 11.6 Å². The fraction of sp³-hybridized carbons (Fsp3) is 0.357. The zero-order valence-electron chi connectivity index (χ0n) is 11.5. The Morgan fingerprint density at radius 1 is 1.48 bits per heavy atom. The number of carbonyl (C=O) groups excluding carboxylic acids is 1. The van der Waals surface area contributed by atoms with Crippen LogP contribution in [0.15, 0.2) is 29.4 Å². The first-order chi connectivity index (χ1) is 10.2. The molecule has 1 aliphatic rings. The predicted molar refractivity (Wildman–Crippen MR) is 83.8 cm³/mol. The van der Waals surface area contributed by atoms with Gasteiger partial charge in [-0.05, 0) is 18.6 Å². The number of carbonyl (C=O) groups is 1. The number of nitrogens with zero attached hydrogens (tertiary/aromatic N) is 3. The van der Waals surface area contributed by atoms with Gasteiger partial charge in [-0.25, -0.2) is 4.98 Å². The molecule has 1 N–H and O–H groups in total. The van der Waals surface area contributed by atoms with Crippen LogP contribution in [-0.2, 0) is 11.2 Å². The molecule has 21 heavy (non-hydrogen) atoms. The summed E-state index contributed by atoms with van der Waals surface area (Å²) in [6.45, 7) is 2.68. The van der Waals surface area contributed by atoms with Crippen LogP contribution in [0.2, 0.25) is 5.02 Å². The molecule has 5 nitrogen and oxygen atoms in total. The van der Waals surface area contributed by atoms with Crippen LogP contribution in [0, 0.1) is 0 Å². The number of halogens is 1. The molecule has 1 aromatic heterocycles. The van der Waals surface area contributed by atoms with E-state index in [0.29, 0.717) is 16.7 Å². The van der Waals surface area contributed by atoms with E-state index >= 15 is 0 Å². The quantitative estimate of drug-likeness (QED) is 0.940. The summed E-state index contributed by atoms with van der Waals surface area (Å²) in [6, 6.07) is 7.42. The molecule has 1 aliphatic heterocycles. The summed E-state index contributed by atoms with van der Waals surface area (Å²) in [6.07, 6.45) is 1.57. The van der Waals surface area contributed by atoms with Gasteiger partial charge in [0.2, 0.25) is 11.1 Å². The summed E-state index contributed by atoms with van der Waals surface area (Å²) in [5.41, 5.74) is 0.775. The number of benzene rings is 1. The van der Waals surface area contributed by atoms with Crippen molar-refractivity contribution in [3.63, 3.8) is 0 Å². The molecule has 3 rings (SSSR count). The van der Waals surface area contributed by atoms with Crippen molar-refractivity contribution in [1.29, 1.82) is 0 Å². The molecule has 0 spiro atoms. The van der Waals surface area contributed by atoms with E-state index < -0.39 is 0 Å². The third-order valence-corrected chi connectivity index (χ3v) is 4.83. The Kier molecular flexibility index (Phi) is 4.17. The lowest BCUT2D eigenvalue weighted by Crippen LogP contribution is -2.28. The summed E-state index contributed by atoms with van der Waals surface area (Å²) in [5, 5.41) is 8.08. The number of para-hydroxylation sites is 1. The number of H-pyrrole nitrogens is 1. The zero-order valence-corrected chi connectivity index (χ0v) is 13.1. The first-order valence-corrected chi connectivity index (χ1v) is 8.08. The van der Waals surface area contributed by atoms with Crippen LogP contribution in [0.5, 0.6) is 0 Å². The molecule has 110 valence electrons. The van der Waals surface area contributed by atoms with Crippen LogP contribution >= 0.6 is 23.4 Å². The van der Waals surface area contributed by atoms with Gasteiger partial charge in [0, 0.05) is 13.0 Å². The van der Waals surface area contributed by atoms with Gasteiger partial charge >= 0.3 is 0 Å². The van der Waals surface area contributed by atoms with Gasteiger partial charge < -0.3 is 4.90 Å². The number of aromatic nitrogens is 3. The van der Waals surface area contributed by atoms with Crippen molar-refractivity contribution in [3.05, 3.63) is 35.1 Å². The van der Waals surface area contributed by atoms with Gasteiger partial charge in [0.05, 0.1) is 16.0 Å². The van der Waals surface area contributed by atoms with Crippen molar-refractivity contribution >= 4 is 35.0 Å². The van der Waals surface area contributed by atoms with Crippen molar-refractivity contribution in [2.24, 2.45) is 0 Å². The molecule has 2 aromatic rings. The Balaban J connectivity index is 1.73. The maximum absolute atomic E-state index is 12.5. The Morgan fingerprint density at radius 2 is 2.29 bits per heavy atom. The molecule has 7 heteroatoms. The highest BCUT2D eigenvalue weighted by atomic mass is 35.5. The molecule has 1 fully saturated rings. The number of hydrogen-bond acceptors (Lipinski definition) is 4. The maximum atomic E-state index is 12.5. The van der Waals surface area contributed by atoms with E-state index in [-0.39, 0.29) is 11.2 Å². The number of anilines is 1. The van der Waals surface area contributed by atoms with E-state index in [2.05, 4.69) is 15.2 Å². The number of hydrogen-bond donors (Lipinski definition) is 1. The van der Waals surface area contributed by atoms with E-state index in [1.807, 2.05) is 25.1 Å². The van der Waals surface area contributed by atoms with Gasteiger partial charge in [-0.2, -0.15) is 0 Å². The molecule has 0 radical (unpaired) electrons. The van der Waals surface area contributed by atoms with Gasteiger partial charge in [0.25, 0.3) is 0 Å². The summed E-state index contributed by atoms with van der Waals surface area (Å²) in [7, 11) is 0. The number of aromatic amines is 1. The Morgan fingerprint density at radius 3 is 3.00 bits per heavy atom. The number of thioether (sulfide) groups is 1. The lowest BCUT2D eigenvalue weighted by Gasteiger charge is -2.17. The molecule has 1 saturated heterocycles. The summed E-state index contributed by atoms with van der Waals surface area (Å²) >= 11 is 7.58. The predicted octanol–water partition coefficient (Wildman–Crippen LogP) is 2.92. The average Bonchev–Trinajstić information content (AvgIpc) is 3.08. The molecular formula is C14H15ClN4OS. The van der Waals surface area contributed by atoms with Crippen molar-refractivity contribution < 1.29 is 4.79 Å². The smallest absolute Gasteiger partial charge is 0.240 e. The first kappa shape index (κ1) is 14.4. The summed E-state index contributed by atoms with van der Waals surface area (Å²) in [5.74, 6) is 0.904. The van der Waals surface area contributed by atoms with Gasteiger partial charge in [-0.3, -0.25) is 9.89 Å². The van der Waals surface area contributed by atoms with Gasteiger partial charge in [0.1, 0.15) is 5.82 Å². The molecule has 1 aromatic carbocycles. The van der Waals surface area contributed by atoms with E-state index in [9.17, 15) is 4.79 Å². The van der Waals surface area contributed by atoms with Crippen molar-refractivity contribution in [2.75, 3.05) is 11.4 Å². The molecule has 0 aliphatic carbocycles. The minimum absolute atomic E-state index is 0.0657. The summed E-state index contributed by atoms with van der Waals surface area (Å²) in [4.78, 5) is 18.6. The number of rotatable bonds is 4. The maximum Gasteiger partial charge on any atom is 0.240 e. The molecular weight excluding hydrogens is 308 g/mol. The Hall–Kier alpha value is -1.53. The minimum atomic E-state index is -0.151. The topological polar surface area (TPSA) is 61.9 Å². The largest absolute Gasteiger partial charge is 0.310 e. The number of aryl methyl sites for hydroxylation is 1. The lowest BCUT2D eigenvalue weighted by atomic mass is 10.3. The third-order valence-electron chi connectivity index (χ3n) is 3.39. The van der Waals surface area contributed by atoms with Crippen molar-refractivity contribution in [2.45, 2.75) is 30.2 Å². The van der Waals surface area contributed by atoms with E-state index in [0.717, 1.165) is 24.4 Å². The minimum Gasteiger partial charge on any atom is -0.310 e. The Labute approximate surface area is 132 Å². The fourth-order valence-electron chi connectivity index (χ4n) is 2.29. The van der Waals surface area contributed by atoms with Gasteiger partial charge in [-0.15, -0.1) is 5.10 Å². The second kappa shape index (κ2) is 6.07. The Bertz CT molecular complexity index is 660. The standard InChI is InChI=1S/C14H15ClN4OS/c1-2-12-16-14(18-17-12)21-11-7-8-19(13(11)20)10-6-4-3-5-9(10)15/h3-6,11H,2,7-8H2,1H3,(H,16,17,18)/t11-/m1/s1. The molecule has 1 amide bonds. The SMILES string of the molecule is CCc1nc(S[C@@H]2CCN(c3ccccc3Cl)C2=O)n[nH]1. The highest BCUT2D eigenvalue weighted by Gasteiger charge is 2.34. The first-order valence-electron chi connectivity index (χ1n) is 6.83. The average molecular weight is 323 g/mol. The summed E-state index contributed by atoms with van der Waals surface area (Å²) < 4.78 is 0. The van der Waals surface area contributed by atoms with Gasteiger partial charge in [0.15, 0.2) is 0 Å². The second-order valence-corrected chi connectivity index (χ2v) is 6.33. The number of nitrogens with one attached hydrogen (secondary N) is 1. The van der Waals surface area contributed by atoms with Crippen LogP contribution in [-0.4, -0.2) is 32.9 Å². The highest BCUT2D eigenvalue weighted by Crippen LogP contribution is 2.34. The van der Waals surface area contributed by atoms with Crippen LogP contribution in [0.25, 0.3) is 0 Å². The highest BCUT2D eigenvalue weighted by molar-refractivity contribution is 8.00. The molecule has 1 atom stereocenters. The number of amides is 1. The third kappa shape index (κ3) is 2.91. The second-order valence-electron chi connectivity index (χ2n) is 4.75. The van der Waals surface area contributed by atoms with Crippen LogP contribution in [0.3, 0.4) is 0 Å².